The summed E-state index contributed by atoms with van der Waals surface area (Å²) in [6.45, 7) is 4.42. The normalized spacial score (nSPS) is 12.5. The van der Waals surface area contributed by atoms with Crippen LogP contribution < -0.4 is 5.32 Å². The second kappa shape index (κ2) is 6.72. The minimum atomic E-state index is -0.458. The van der Waals surface area contributed by atoms with Gasteiger partial charge < -0.3 is 5.32 Å². The predicted molar refractivity (Wildman–Crippen MR) is 67.9 cm³/mol. The molecule has 0 aliphatic heterocycles. The van der Waals surface area contributed by atoms with Gasteiger partial charge in [-0.25, -0.2) is 4.39 Å². The molecule has 0 heterocycles. The Morgan fingerprint density at radius 3 is 2.82 bits per heavy atom. The van der Waals surface area contributed by atoms with Gasteiger partial charge in [-0.15, -0.1) is 0 Å². The maximum atomic E-state index is 12.9. The van der Waals surface area contributed by atoms with Crippen molar-refractivity contribution < 1.29 is 9.18 Å². The third-order valence-electron chi connectivity index (χ3n) is 2.65. The summed E-state index contributed by atoms with van der Waals surface area (Å²) in [5.41, 5.74) is 0.743. The van der Waals surface area contributed by atoms with E-state index in [1.165, 1.54) is 12.1 Å². The van der Waals surface area contributed by atoms with E-state index in [1.807, 2.05) is 6.92 Å². The van der Waals surface area contributed by atoms with Crippen molar-refractivity contribution in [2.24, 2.45) is 0 Å². The van der Waals surface area contributed by atoms with Crippen LogP contribution in [0.25, 0.3) is 0 Å². The lowest BCUT2D eigenvalue weighted by Crippen LogP contribution is -2.31. The topological polar surface area (TPSA) is 29.1 Å². The summed E-state index contributed by atoms with van der Waals surface area (Å²) in [7, 11) is 0. The van der Waals surface area contributed by atoms with Crippen molar-refractivity contribution in [1.29, 1.82) is 0 Å². The van der Waals surface area contributed by atoms with Crippen molar-refractivity contribution in [2.45, 2.75) is 32.7 Å². The molecule has 4 heteroatoms. The van der Waals surface area contributed by atoms with Crippen LogP contribution in [0.15, 0.2) is 18.2 Å². The molecule has 0 saturated heterocycles. The Balaban J connectivity index is 2.48. The second-order valence-corrected chi connectivity index (χ2v) is 4.56. The number of carbonyl (C=O) groups excluding carboxylic acids is 1. The Morgan fingerprint density at radius 1 is 1.53 bits per heavy atom. The van der Waals surface area contributed by atoms with Gasteiger partial charge in [0.2, 0.25) is 0 Å². The van der Waals surface area contributed by atoms with Gasteiger partial charge in [-0.05, 0) is 31.0 Å². The Hall–Kier alpha value is -0.930. The first-order valence-electron chi connectivity index (χ1n) is 5.72. The van der Waals surface area contributed by atoms with Gasteiger partial charge in [-0.1, -0.05) is 24.6 Å². The molecule has 1 aromatic rings. The number of hydrogen-bond donors (Lipinski definition) is 1. The number of halogens is 2. The number of hydrogen-bond acceptors (Lipinski definition) is 2. The molecule has 0 aliphatic rings. The average molecular weight is 258 g/mol. The molecule has 0 bridgehead atoms. The van der Waals surface area contributed by atoms with Crippen molar-refractivity contribution in [2.75, 3.05) is 6.54 Å². The third kappa shape index (κ3) is 4.84. The smallest absolute Gasteiger partial charge is 0.150 e. The molecule has 0 radical (unpaired) electrons. The highest BCUT2D eigenvalue weighted by molar-refractivity contribution is 6.30. The summed E-state index contributed by atoms with van der Waals surface area (Å²) in [4.78, 5) is 11.6. The molecule has 1 rings (SSSR count). The molecule has 0 saturated carbocycles. The van der Waals surface area contributed by atoms with E-state index in [9.17, 15) is 9.18 Å². The van der Waals surface area contributed by atoms with Crippen LogP contribution in [0.5, 0.6) is 0 Å². The Morgan fingerprint density at radius 2 is 2.24 bits per heavy atom. The van der Waals surface area contributed by atoms with Crippen molar-refractivity contribution in [3.05, 3.63) is 34.6 Å². The summed E-state index contributed by atoms with van der Waals surface area (Å²) in [5, 5.41) is 3.18. The molecular formula is C13H17ClFNO. The molecule has 2 nitrogen and oxygen atoms in total. The van der Waals surface area contributed by atoms with Crippen LogP contribution in [0.1, 0.15) is 25.8 Å². The number of nitrogens with one attached hydrogen (secondary N) is 1. The van der Waals surface area contributed by atoms with Crippen LogP contribution in [0, 0.1) is 5.82 Å². The van der Waals surface area contributed by atoms with E-state index in [4.69, 9.17) is 11.6 Å². The van der Waals surface area contributed by atoms with Crippen molar-refractivity contribution in [1.82, 2.24) is 5.32 Å². The fourth-order valence-electron chi connectivity index (χ4n) is 1.37. The summed E-state index contributed by atoms with van der Waals surface area (Å²) in [6, 6.07) is 4.70. The molecular weight excluding hydrogens is 241 g/mol. The highest BCUT2D eigenvalue weighted by atomic mass is 35.5. The van der Waals surface area contributed by atoms with Crippen LogP contribution in [-0.2, 0) is 11.2 Å². The fraction of sp³-hybridized carbons (Fsp3) is 0.462. The van der Waals surface area contributed by atoms with Crippen molar-refractivity contribution >= 4 is 17.4 Å². The summed E-state index contributed by atoms with van der Waals surface area (Å²) < 4.78 is 12.9. The van der Waals surface area contributed by atoms with Gasteiger partial charge in [0.15, 0.2) is 5.78 Å². The van der Waals surface area contributed by atoms with Crippen molar-refractivity contribution in [3.63, 3.8) is 0 Å². The minimum absolute atomic E-state index is 0.0604. The van der Waals surface area contributed by atoms with Gasteiger partial charge in [0.1, 0.15) is 5.82 Å². The second-order valence-electron chi connectivity index (χ2n) is 4.15. The monoisotopic (exact) mass is 257 g/mol. The number of Topliss-reactive ketones (excluding diaryl/α,β-unsaturated/α-hetero) is 1. The maximum absolute atomic E-state index is 12.9. The first kappa shape index (κ1) is 14.1. The molecule has 1 unspecified atom stereocenters. The lowest BCUT2D eigenvalue weighted by Gasteiger charge is -2.10. The SMILES string of the molecule is CCC(C)NCC(=O)Cc1ccc(F)c(Cl)c1. The lowest BCUT2D eigenvalue weighted by atomic mass is 10.1. The molecule has 1 aromatic carbocycles. The Labute approximate surface area is 106 Å². The number of ketones is 1. The van der Waals surface area contributed by atoms with E-state index in [0.717, 1.165) is 12.0 Å². The fourth-order valence-corrected chi connectivity index (χ4v) is 1.58. The van der Waals surface area contributed by atoms with Crippen LogP contribution in [-0.4, -0.2) is 18.4 Å². The molecule has 0 spiro atoms. The molecule has 1 N–H and O–H groups in total. The van der Waals surface area contributed by atoms with E-state index in [2.05, 4.69) is 12.2 Å². The van der Waals surface area contributed by atoms with E-state index >= 15 is 0 Å². The first-order chi connectivity index (χ1) is 8.02. The third-order valence-corrected chi connectivity index (χ3v) is 2.94. The summed E-state index contributed by atoms with van der Waals surface area (Å²) in [6.07, 6.45) is 1.26. The summed E-state index contributed by atoms with van der Waals surface area (Å²) >= 11 is 5.65. The van der Waals surface area contributed by atoms with Crippen LogP contribution >= 0.6 is 11.6 Å². The average Bonchev–Trinajstić information content (AvgIpc) is 2.31. The van der Waals surface area contributed by atoms with Gasteiger partial charge in [0.25, 0.3) is 0 Å². The van der Waals surface area contributed by atoms with E-state index in [0.29, 0.717) is 12.6 Å². The highest BCUT2D eigenvalue weighted by Crippen LogP contribution is 2.16. The zero-order valence-electron chi connectivity index (χ0n) is 10.1. The molecule has 94 valence electrons. The molecule has 0 fully saturated rings. The highest BCUT2D eigenvalue weighted by Gasteiger charge is 2.07. The molecule has 0 amide bonds. The zero-order valence-corrected chi connectivity index (χ0v) is 10.9. The summed E-state index contributed by atoms with van der Waals surface area (Å²) in [5.74, 6) is -0.381. The number of benzene rings is 1. The Kier molecular flexibility index (Phi) is 5.59. The van der Waals surface area contributed by atoms with Gasteiger partial charge in [-0.2, -0.15) is 0 Å². The van der Waals surface area contributed by atoms with Gasteiger partial charge in [-0.3, -0.25) is 4.79 Å². The van der Waals surface area contributed by atoms with E-state index in [-0.39, 0.29) is 17.2 Å². The molecule has 17 heavy (non-hydrogen) atoms. The molecule has 0 aromatic heterocycles. The molecule has 0 aliphatic carbocycles. The zero-order chi connectivity index (χ0) is 12.8. The minimum Gasteiger partial charge on any atom is -0.307 e. The predicted octanol–water partition coefficient (Wildman–Crippen LogP) is 2.98. The van der Waals surface area contributed by atoms with Crippen LogP contribution in [0.3, 0.4) is 0 Å². The van der Waals surface area contributed by atoms with Crippen LogP contribution in [0.2, 0.25) is 5.02 Å². The quantitative estimate of drug-likeness (QED) is 0.849. The number of carbonyl (C=O) groups is 1. The number of rotatable bonds is 6. The van der Waals surface area contributed by atoms with Gasteiger partial charge in [0, 0.05) is 12.5 Å². The van der Waals surface area contributed by atoms with Gasteiger partial charge >= 0.3 is 0 Å². The maximum Gasteiger partial charge on any atom is 0.150 e. The van der Waals surface area contributed by atoms with E-state index in [1.54, 1.807) is 6.07 Å². The van der Waals surface area contributed by atoms with Crippen LogP contribution in [0.4, 0.5) is 4.39 Å². The van der Waals surface area contributed by atoms with Gasteiger partial charge in [0.05, 0.1) is 11.6 Å². The van der Waals surface area contributed by atoms with Crippen molar-refractivity contribution in [3.8, 4) is 0 Å². The largest absolute Gasteiger partial charge is 0.307 e. The first-order valence-corrected chi connectivity index (χ1v) is 6.09. The lowest BCUT2D eigenvalue weighted by molar-refractivity contribution is -0.117. The molecule has 1 atom stereocenters. The standard InChI is InChI=1S/C13H17ClFNO/c1-3-9(2)16-8-11(17)6-10-4-5-13(15)12(14)7-10/h4-5,7,9,16H,3,6,8H2,1-2H3. The van der Waals surface area contributed by atoms with E-state index < -0.39 is 5.82 Å². The Bertz CT molecular complexity index is 395.